The molecule has 1 saturated carbocycles. The largest absolute Gasteiger partial charge is 0.392 e. The summed E-state index contributed by atoms with van der Waals surface area (Å²) in [6.45, 7) is 2.54. The van der Waals surface area contributed by atoms with Gasteiger partial charge in [0.2, 0.25) is 0 Å². The van der Waals surface area contributed by atoms with Crippen LogP contribution >= 0.6 is 0 Å². The van der Waals surface area contributed by atoms with Crippen molar-refractivity contribution >= 4 is 5.82 Å². The SMILES string of the molecule is CN(CCOCC1CC1)c1ccc(CO)cn1. The van der Waals surface area contributed by atoms with E-state index in [2.05, 4.69) is 9.88 Å². The molecule has 1 heterocycles. The number of rotatable bonds is 7. The lowest BCUT2D eigenvalue weighted by molar-refractivity contribution is 0.131. The van der Waals surface area contributed by atoms with Crippen molar-refractivity contribution in [3.63, 3.8) is 0 Å². The second-order valence-electron chi connectivity index (χ2n) is 4.62. The van der Waals surface area contributed by atoms with Gasteiger partial charge in [-0.2, -0.15) is 0 Å². The van der Waals surface area contributed by atoms with Crippen LogP contribution in [0.15, 0.2) is 18.3 Å². The minimum Gasteiger partial charge on any atom is -0.392 e. The first-order valence-electron chi connectivity index (χ1n) is 6.14. The van der Waals surface area contributed by atoms with Crippen LogP contribution in [-0.4, -0.2) is 36.9 Å². The molecule has 0 unspecified atom stereocenters. The predicted octanol–water partition coefficient (Wildman–Crippen LogP) is 1.44. The molecular weight excluding hydrogens is 216 g/mol. The molecular formula is C13H20N2O2. The van der Waals surface area contributed by atoms with Crippen molar-refractivity contribution < 1.29 is 9.84 Å². The second kappa shape index (κ2) is 5.98. The lowest BCUT2D eigenvalue weighted by Crippen LogP contribution is -2.23. The molecule has 1 aliphatic rings. The Bertz CT molecular complexity index is 336. The monoisotopic (exact) mass is 236 g/mol. The fourth-order valence-corrected chi connectivity index (χ4v) is 1.59. The van der Waals surface area contributed by atoms with Crippen LogP contribution in [-0.2, 0) is 11.3 Å². The molecule has 0 amide bonds. The Morgan fingerprint density at radius 3 is 2.88 bits per heavy atom. The number of hydrogen-bond acceptors (Lipinski definition) is 4. The number of likely N-dealkylation sites (N-methyl/N-ethyl adjacent to an activating group) is 1. The van der Waals surface area contributed by atoms with Crippen molar-refractivity contribution in [1.82, 2.24) is 4.98 Å². The number of pyridine rings is 1. The first-order valence-corrected chi connectivity index (χ1v) is 6.14. The number of hydrogen-bond donors (Lipinski definition) is 1. The average Bonchev–Trinajstić information content (AvgIpc) is 3.18. The number of ether oxygens (including phenoxy) is 1. The predicted molar refractivity (Wildman–Crippen MR) is 67.0 cm³/mol. The van der Waals surface area contributed by atoms with Gasteiger partial charge in [-0.15, -0.1) is 0 Å². The van der Waals surface area contributed by atoms with Gasteiger partial charge in [-0.3, -0.25) is 0 Å². The van der Waals surface area contributed by atoms with Crippen LogP contribution < -0.4 is 4.90 Å². The van der Waals surface area contributed by atoms with Crippen LogP contribution in [0.4, 0.5) is 5.82 Å². The lowest BCUT2D eigenvalue weighted by atomic mass is 10.3. The summed E-state index contributed by atoms with van der Waals surface area (Å²) in [7, 11) is 2.00. The van der Waals surface area contributed by atoms with E-state index in [0.717, 1.165) is 37.1 Å². The molecule has 94 valence electrons. The van der Waals surface area contributed by atoms with Gasteiger partial charge in [0.15, 0.2) is 0 Å². The van der Waals surface area contributed by atoms with E-state index in [1.54, 1.807) is 6.20 Å². The Hall–Kier alpha value is -1.13. The summed E-state index contributed by atoms with van der Waals surface area (Å²) >= 11 is 0. The third-order valence-electron chi connectivity index (χ3n) is 3.00. The number of aromatic nitrogens is 1. The molecule has 0 aromatic carbocycles. The van der Waals surface area contributed by atoms with Crippen LogP contribution in [0.5, 0.6) is 0 Å². The topological polar surface area (TPSA) is 45.6 Å². The van der Waals surface area contributed by atoms with E-state index in [0.29, 0.717) is 0 Å². The van der Waals surface area contributed by atoms with Crippen LogP contribution in [0.2, 0.25) is 0 Å². The Morgan fingerprint density at radius 2 is 2.29 bits per heavy atom. The highest BCUT2D eigenvalue weighted by Gasteiger charge is 2.20. The van der Waals surface area contributed by atoms with Gasteiger partial charge in [0, 0.05) is 26.4 Å². The number of nitrogens with zero attached hydrogens (tertiary/aromatic N) is 2. The standard InChI is InChI=1S/C13H20N2O2/c1-15(6-7-17-10-11-2-3-11)13-5-4-12(9-16)8-14-13/h4-5,8,11,16H,2-3,6-7,9-10H2,1H3. The first kappa shape index (κ1) is 12.3. The molecule has 0 spiro atoms. The zero-order valence-electron chi connectivity index (χ0n) is 10.3. The summed E-state index contributed by atoms with van der Waals surface area (Å²) < 4.78 is 5.59. The number of anilines is 1. The molecule has 2 rings (SSSR count). The van der Waals surface area contributed by atoms with Crippen LogP contribution in [0.1, 0.15) is 18.4 Å². The minimum absolute atomic E-state index is 0.0431. The maximum absolute atomic E-state index is 8.92. The Labute approximate surface area is 102 Å². The molecule has 1 fully saturated rings. The third-order valence-corrected chi connectivity index (χ3v) is 3.00. The quantitative estimate of drug-likeness (QED) is 0.728. The van der Waals surface area contributed by atoms with Crippen LogP contribution in [0.25, 0.3) is 0 Å². The van der Waals surface area contributed by atoms with Gasteiger partial charge < -0.3 is 14.7 Å². The van der Waals surface area contributed by atoms with Crippen molar-refractivity contribution in [1.29, 1.82) is 0 Å². The van der Waals surface area contributed by atoms with Gasteiger partial charge in [-0.05, 0) is 30.4 Å². The number of aliphatic hydroxyl groups excluding tert-OH is 1. The molecule has 1 N–H and O–H groups in total. The lowest BCUT2D eigenvalue weighted by Gasteiger charge is -2.18. The molecule has 0 atom stereocenters. The molecule has 1 aliphatic carbocycles. The average molecular weight is 236 g/mol. The molecule has 17 heavy (non-hydrogen) atoms. The van der Waals surface area contributed by atoms with Crippen molar-refractivity contribution in [3.8, 4) is 0 Å². The van der Waals surface area contributed by atoms with E-state index in [1.807, 2.05) is 19.2 Å². The van der Waals surface area contributed by atoms with E-state index in [-0.39, 0.29) is 6.61 Å². The Balaban J connectivity index is 1.71. The van der Waals surface area contributed by atoms with Crippen molar-refractivity contribution in [3.05, 3.63) is 23.9 Å². The highest BCUT2D eigenvalue weighted by Crippen LogP contribution is 2.28. The van der Waals surface area contributed by atoms with Crippen molar-refractivity contribution in [2.75, 3.05) is 31.7 Å². The molecule has 4 nitrogen and oxygen atoms in total. The van der Waals surface area contributed by atoms with Crippen molar-refractivity contribution in [2.45, 2.75) is 19.4 Å². The second-order valence-corrected chi connectivity index (χ2v) is 4.62. The van der Waals surface area contributed by atoms with Gasteiger partial charge >= 0.3 is 0 Å². The van der Waals surface area contributed by atoms with Crippen LogP contribution in [0, 0.1) is 5.92 Å². The van der Waals surface area contributed by atoms with E-state index in [1.165, 1.54) is 12.8 Å². The van der Waals surface area contributed by atoms with Crippen molar-refractivity contribution in [2.24, 2.45) is 5.92 Å². The minimum atomic E-state index is 0.0431. The maximum atomic E-state index is 8.92. The summed E-state index contributed by atoms with van der Waals surface area (Å²) in [4.78, 5) is 6.35. The number of aliphatic hydroxyl groups is 1. The van der Waals surface area contributed by atoms with E-state index < -0.39 is 0 Å². The normalized spacial score (nSPS) is 14.9. The van der Waals surface area contributed by atoms with Crippen LogP contribution in [0.3, 0.4) is 0 Å². The molecule has 0 aliphatic heterocycles. The zero-order valence-corrected chi connectivity index (χ0v) is 10.3. The fourth-order valence-electron chi connectivity index (χ4n) is 1.59. The van der Waals surface area contributed by atoms with E-state index in [4.69, 9.17) is 9.84 Å². The zero-order chi connectivity index (χ0) is 12.1. The molecule has 0 saturated heterocycles. The van der Waals surface area contributed by atoms with Gasteiger partial charge in [0.25, 0.3) is 0 Å². The van der Waals surface area contributed by atoms with Gasteiger partial charge in [0.05, 0.1) is 13.2 Å². The first-order chi connectivity index (χ1) is 8.29. The van der Waals surface area contributed by atoms with Gasteiger partial charge in [-0.25, -0.2) is 4.98 Å². The molecule has 1 aromatic rings. The maximum Gasteiger partial charge on any atom is 0.128 e. The van der Waals surface area contributed by atoms with Gasteiger partial charge in [0.1, 0.15) is 5.82 Å². The highest BCUT2D eigenvalue weighted by molar-refractivity contribution is 5.38. The fraction of sp³-hybridized carbons (Fsp3) is 0.615. The van der Waals surface area contributed by atoms with Gasteiger partial charge in [-0.1, -0.05) is 6.07 Å². The summed E-state index contributed by atoms with van der Waals surface area (Å²) in [5.74, 6) is 1.74. The molecule has 1 aromatic heterocycles. The summed E-state index contributed by atoms with van der Waals surface area (Å²) in [6, 6.07) is 3.82. The molecule has 4 heteroatoms. The Morgan fingerprint density at radius 1 is 1.47 bits per heavy atom. The summed E-state index contributed by atoms with van der Waals surface area (Å²) in [5.41, 5.74) is 0.840. The summed E-state index contributed by atoms with van der Waals surface area (Å²) in [6.07, 6.45) is 4.37. The summed E-state index contributed by atoms with van der Waals surface area (Å²) in [5, 5.41) is 8.92. The molecule has 0 bridgehead atoms. The highest BCUT2D eigenvalue weighted by atomic mass is 16.5. The smallest absolute Gasteiger partial charge is 0.128 e. The van der Waals surface area contributed by atoms with E-state index >= 15 is 0 Å². The molecule has 0 radical (unpaired) electrons. The third kappa shape index (κ3) is 3.98. The van der Waals surface area contributed by atoms with E-state index in [9.17, 15) is 0 Å². The Kier molecular flexibility index (Phi) is 4.34.